The molecule has 0 amide bonds. The van der Waals surface area contributed by atoms with Gasteiger partial charge in [-0.1, -0.05) is 91.4 Å². The molecule has 0 saturated heterocycles. The zero-order chi connectivity index (χ0) is 14.9. The highest BCUT2D eigenvalue weighted by Crippen LogP contribution is 2.16. The van der Waals surface area contributed by atoms with E-state index in [0.29, 0.717) is 0 Å². The SMILES string of the molecule is CCCCCNCCCCCCCCC(C)CCCC. The average Bonchev–Trinajstić information content (AvgIpc) is 2.46. The van der Waals surface area contributed by atoms with Crippen LogP contribution in [-0.4, -0.2) is 13.1 Å². The first-order valence-electron chi connectivity index (χ1n) is 9.52. The van der Waals surface area contributed by atoms with Crippen LogP contribution in [-0.2, 0) is 0 Å². The van der Waals surface area contributed by atoms with E-state index in [4.69, 9.17) is 0 Å². The first-order valence-corrected chi connectivity index (χ1v) is 9.52. The maximum Gasteiger partial charge on any atom is -0.00489 e. The summed E-state index contributed by atoms with van der Waals surface area (Å²) in [7, 11) is 0. The fourth-order valence-corrected chi connectivity index (χ4v) is 2.77. The van der Waals surface area contributed by atoms with Crippen molar-refractivity contribution in [3.8, 4) is 0 Å². The van der Waals surface area contributed by atoms with Gasteiger partial charge in [0.05, 0.1) is 0 Å². The smallest absolute Gasteiger partial charge is 0.00489 e. The van der Waals surface area contributed by atoms with Gasteiger partial charge < -0.3 is 5.32 Å². The summed E-state index contributed by atoms with van der Waals surface area (Å²) >= 11 is 0. The zero-order valence-electron chi connectivity index (χ0n) is 14.7. The van der Waals surface area contributed by atoms with Crippen LogP contribution in [0.1, 0.15) is 104 Å². The highest BCUT2D eigenvalue weighted by Gasteiger charge is 2.00. The molecule has 0 fully saturated rings. The number of hydrogen-bond acceptors (Lipinski definition) is 1. The quantitative estimate of drug-likeness (QED) is 0.327. The summed E-state index contributed by atoms with van der Waals surface area (Å²) in [5.74, 6) is 0.960. The van der Waals surface area contributed by atoms with Crippen LogP contribution >= 0.6 is 0 Å². The van der Waals surface area contributed by atoms with Crippen LogP contribution in [0.3, 0.4) is 0 Å². The van der Waals surface area contributed by atoms with Crippen molar-refractivity contribution in [2.45, 2.75) is 104 Å². The third-order valence-corrected chi connectivity index (χ3v) is 4.31. The molecule has 0 aliphatic rings. The molecular formula is C19H41N. The van der Waals surface area contributed by atoms with Gasteiger partial charge in [0.25, 0.3) is 0 Å². The molecule has 0 rings (SSSR count). The van der Waals surface area contributed by atoms with Crippen LogP contribution in [0.2, 0.25) is 0 Å². The molecule has 1 N–H and O–H groups in total. The molecule has 0 aromatic heterocycles. The van der Waals surface area contributed by atoms with Crippen LogP contribution in [0.4, 0.5) is 0 Å². The largest absolute Gasteiger partial charge is 0.317 e. The fourth-order valence-electron chi connectivity index (χ4n) is 2.77. The Balaban J connectivity index is 3.02. The van der Waals surface area contributed by atoms with Gasteiger partial charge in [-0.25, -0.2) is 0 Å². The topological polar surface area (TPSA) is 12.0 Å². The van der Waals surface area contributed by atoms with Gasteiger partial charge in [0, 0.05) is 0 Å². The normalized spacial score (nSPS) is 12.8. The molecular weight excluding hydrogens is 242 g/mol. The number of unbranched alkanes of at least 4 members (excludes halogenated alkanes) is 8. The highest BCUT2D eigenvalue weighted by molar-refractivity contribution is 4.55. The van der Waals surface area contributed by atoms with Gasteiger partial charge in [0.1, 0.15) is 0 Å². The van der Waals surface area contributed by atoms with E-state index in [1.807, 2.05) is 0 Å². The summed E-state index contributed by atoms with van der Waals surface area (Å²) in [6.07, 6.45) is 18.4. The van der Waals surface area contributed by atoms with Crippen molar-refractivity contribution in [2.75, 3.05) is 13.1 Å². The van der Waals surface area contributed by atoms with E-state index >= 15 is 0 Å². The summed E-state index contributed by atoms with van der Waals surface area (Å²) in [5.41, 5.74) is 0. The van der Waals surface area contributed by atoms with E-state index in [-0.39, 0.29) is 0 Å². The van der Waals surface area contributed by atoms with E-state index in [1.165, 1.54) is 96.6 Å². The lowest BCUT2D eigenvalue weighted by Crippen LogP contribution is -2.16. The van der Waals surface area contributed by atoms with Crippen molar-refractivity contribution in [1.29, 1.82) is 0 Å². The monoisotopic (exact) mass is 283 g/mol. The van der Waals surface area contributed by atoms with E-state index < -0.39 is 0 Å². The lowest BCUT2D eigenvalue weighted by molar-refractivity contribution is 0.441. The Bertz CT molecular complexity index is 167. The maximum atomic E-state index is 3.56. The summed E-state index contributed by atoms with van der Waals surface area (Å²) < 4.78 is 0. The van der Waals surface area contributed by atoms with E-state index in [9.17, 15) is 0 Å². The standard InChI is InChI=1S/C19H41N/c1-4-6-13-17-20-18-14-11-9-8-10-12-16-19(3)15-7-5-2/h19-20H,4-18H2,1-3H3. The van der Waals surface area contributed by atoms with Crippen molar-refractivity contribution in [3.63, 3.8) is 0 Å². The van der Waals surface area contributed by atoms with Crippen molar-refractivity contribution < 1.29 is 0 Å². The number of hydrogen-bond donors (Lipinski definition) is 1. The Morgan fingerprint density at radius 1 is 0.600 bits per heavy atom. The van der Waals surface area contributed by atoms with Crippen molar-refractivity contribution in [3.05, 3.63) is 0 Å². The summed E-state index contributed by atoms with van der Waals surface area (Å²) in [6.45, 7) is 9.46. The molecule has 0 spiro atoms. The van der Waals surface area contributed by atoms with Crippen molar-refractivity contribution in [1.82, 2.24) is 5.32 Å². The Morgan fingerprint density at radius 3 is 1.75 bits per heavy atom. The minimum absolute atomic E-state index is 0.960. The van der Waals surface area contributed by atoms with Crippen molar-refractivity contribution >= 4 is 0 Å². The van der Waals surface area contributed by atoms with Gasteiger partial charge in [0.2, 0.25) is 0 Å². The second-order valence-electron chi connectivity index (χ2n) is 6.61. The van der Waals surface area contributed by atoms with Crippen molar-refractivity contribution in [2.24, 2.45) is 5.92 Å². The fraction of sp³-hybridized carbons (Fsp3) is 1.00. The Kier molecular flexibility index (Phi) is 17.0. The number of nitrogens with one attached hydrogen (secondary N) is 1. The van der Waals surface area contributed by atoms with E-state index in [1.54, 1.807) is 0 Å². The molecule has 0 heterocycles. The third-order valence-electron chi connectivity index (χ3n) is 4.31. The number of rotatable bonds is 16. The molecule has 122 valence electrons. The molecule has 20 heavy (non-hydrogen) atoms. The van der Waals surface area contributed by atoms with Gasteiger partial charge in [-0.3, -0.25) is 0 Å². The van der Waals surface area contributed by atoms with Crippen LogP contribution in [0.25, 0.3) is 0 Å². The molecule has 1 unspecified atom stereocenters. The molecule has 0 bridgehead atoms. The predicted molar refractivity (Wildman–Crippen MR) is 93.4 cm³/mol. The highest BCUT2D eigenvalue weighted by atomic mass is 14.8. The molecule has 0 aromatic rings. The van der Waals surface area contributed by atoms with Gasteiger partial charge in [-0.2, -0.15) is 0 Å². The summed E-state index contributed by atoms with van der Waals surface area (Å²) in [5, 5.41) is 3.56. The minimum Gasteiger partial charge on any atom is -0.317 e. The first-order chi connectivity index (χ1) is 9.81. The first kappa shape index (κ1) is 20.0. The van der Waals surface area contributed by atoms with E-state index in [2.05, 4.69) is 26.1 Å². The Hall–Kier alpha value is -0.0400. The Morgan fingerprint density at radius 2 is 1.10 bits per heavy atom. The van der Waals surface area contributed by atoms with Gasteiger partial charge in [-0.05, 0) is 31.8 Å². The molecule has 0 aliphatic carbocycles. The molecule has 0 aliphatic heterocycles. The van der Waals surface area contributed by atoms with Gasteiger partial charge >= 0.3 is 0 Å². The molecule has 1 nitrogen and oxygen atoms in total. The Labute approximate surface area is 129 Å². The van der Waals surface area contributed by atoms with E-state index in [0.717, 1.165) is 5.92 Å². The average molecular weight is 284 g/mol. The molecule has 0 aromatic carbocycles. The molecule has 1 atom stereocenters. The maximum absolute atomic E-state index is 3.56. The zero-order valence-corrected chi connectivity index (χ0v) is 14.7. The lowest BCUT2D eigenvalue weighted by atomic mass is 9.97. The third kappa shape index (κ3) is 16.0. The predicted octanol–water partition coefficient (Wildman–Crippen LogP) is 6.32. The van der Waals surface area contributed by atoms with Crippen LogP contribution in [0, 0.1) is 5.92 Å². The molecule has 0 radical (unpaired) electrons. The summed E-state index contributed by atoms with van der Waals surface area (Å²) in [6, 6.07) is 0. The second kappa shape index (κ2) is 17.0. The molecule has 0 saturated carbocycles. The van der Waals surface area contributed by atoms with Crippen LogP contribution < -0.4 is 5.32 Å². The second-order valence-corrected chi connectivity index (χ2v) is 6.61. The van der Waals surface area contributed by atoms with Gasteiger partial charge in [-0.15, -0.1) is 0 Å². The lowest BCUT2D eigenvalue weighted by Gasteiger charge is -2.10. The summed E-state index contributed by atoms with van der Waals surface area (Å²) in [4.78, 5) is 0. The molecule has 1 heteroatoms. The van der Waals surface area contributed by atoms with Crippen LogP contribution in [0.5, 0.6) is 0 Å². The van der Waals surface area contributed by atoms with Crippen LogP contribution in [0.15, 0.2) is 0 Å². The minimum atomic E-state index is 0.960. The van der Waals surface area contributed by atoms with Gasteiger partial charge in [0.15, 0.2) is 0 Å².